The maximum atomic E-state index is 12.9. The number of aromatic nitrogens is 4. The molecule has 0 bridgehead atoms. The van der Waals surface area contributed by atoms with Crippen molar-refractivity contribution in [1.29, 1.82) is 0 Å². The lowest BCUT2D eigenvalue weighted by molar-refractivity contribution is 0.0943. The van der Waals surface area contributed by atoms with E-state index in [0.29, 0.717) is 11.5 Å². The second kappa shape index (κ2) is 5.04. The van der Waals surface area contributed by atoms with Crippen LogP contribution in [0.1, 0.15) is 16.3 Å². The predicted octanol–water partition coefficient (Wildman–Crippen LogP) is 1.19. The minimum atomic E-state index is -0.689. The van der Waals surface area contributed by atoms with Gasteiger partial charge in [-0.15, -0.1) is 10.2 Å². The Hall–Kier alpha value is -2.83. The number of nitrogens with zero attached hydrogens (tertiary/aromatic N) is 4. The van der Waals surface area contributed by atoms with Crippen LogP contribution in [0.5, 0.6) is 0 Å². The average Bonchev–Trinajstić information content (AvgIpc) is 2.88. The first-order valence-corrected chi connectivity index (χ1v) is 5.93. The Bertz CT molecular complexity index is 770. The van der Waals surface area contributed by atoms with Crippen molar-refractivity contribution < 1.29 is 9.18 Å². The third kappa shape index (κ3) is 2.33. The number of fused-ring (bicyclic) bond motifs is 1. The fourth-order valence-corrected chi connectivity index (χ4v) is 1.80. The molecule has 3 aromatic rings. The maximum absolute atomic E-state index is 12.9. The van der Waals surface area contributed by atoms with Gasteiger partial charge in [0, 0.05) is 6.20 Å². The molecule has 3 aromatic heterocycles. The van der Waals surface area contributed by atoms with Crippen LogP contribution in [0.4, 0.5) is 4.39 Å². The highest BCUT2D eigenvalue weighted by molar-refractivity contribution is 5.92. The summed E-state index contributed by atoms with van der Waals surface area (Å²) in [6.45, 7) is 0.183. The molecule has 0 aliphatic rings. The molecule has 0 aliphatic heterocycles. The standard InChI is InChI=1S/C13H10FN5O/c14-10-5-3-4-9(16-10)13(20)15-8-12-18-17-11-6-1-2-7-19(11)12/h1-7H,8H2,(H,15,20). The molecule has 7 heteroatoms. The predicted molar refractivity (Wildman–Crippen MR) is 68.4 cm³/mol. The summed E-state index contributed by atoms with van der Waals surface area (Å²) in [6.07, 6.45) is 1.80. The molecule has 0 atom stereocenters. The van der Waals surface area contributed by atoms with Crippen LogP contribution in [0.3, 0.4) is 0 Å². The number of halogens is 1. The van der Waals surface area contributed by atoms with Gasteiger partial charge in [0.25, 0.3) is 5.91 Å². The van der Waals surface area contributed by atoms with Gasteiger partial charge in [0.05, 0.1) is 6.54 Å². The van der Waals surface area contributed by atoms with Crippen LogP contribution in [-0.2, 0) is 6.54 Å². The van der Waals surface area contributed by atoms with Crippen LogP contribution in [0.15, 0.2) is 42.6 Å². The van der Waals surface area contributed by atoms with Gasteiger partial charge in [-0.05, 0) is 24.3 Å². The van der Waals surface area contributed by atoms with Gasteiger partial charge >= 0.3 is 0 Å². The summed E-state index contributed by atoms with van der Waals surface area (Å²) in [5.74, 6) is -0.562. The third-order valence-electron chi connectivity index (χ3n) is 2.74. The second-order valence-corrected chi connectivity index (χ2v) is 4.07. The zero-order valence-electron chi connectivity index (χ0n) is 10.3. The lowest BCUT2D eigenvalue weighted by atomic mass is 10.3. The SMILES string of the molecule is O=C(NCc1nnc2ccccn12)c1cccc(F)n1. The lowest BCUT2D eigenvalue weighted by Gasteiger charge is -2.03. The van der Waals surface area contributed by atoms with Gasteiger partial charge in [-0.1, -0.05) is 12.1 Å². The van der Waals surface area contributed by atoms with Gasteiger partial charge in [0.1, 0.15) is 5.69 Å². The monoisotopic (exact) mass is 271 g/mol. The van der Waals surface area contributed by atoms with Crippen molar-refractivity contribution in [3.8, 4) is 0 Å². The Labute approximate surface area is 113 Å². The summed E-state index contributed by atoms with van der Waals surface area (Å²) in [6, 6.07) is 9.57. The van der Waals surface area contributed by atoms with Gasteiger partial charge in [-0.3, -0.25) is 9.20 Å². The third-order valence-corrected chi connectivity index (χ3v) is 2.74. The van der Waals surface area contributed by atoms with Crippen LogP contribution in [-0.4, -0.2) is 25.5 Å². The highest BCUT2D eigenvalue weighted by Crippen LogP contribution is 2.03. The molecule has 1 N–H and O–H groups in total. The molecule has 1 amide bonds. The average molecular weight is 271 g/mol. The quantitative estimate of drug-likeness (QED) is 0.726. The van der Waals surface area contributed by atoms with Gasteiger partial charge in [0.15, 0.2) is 11.5 Å². The van der Waals surface area contributed by atoms with Crippen molar-refractivity contribution in [2.75, 3.05) is 0 Å². The normalized spacial score (nSPS) is 10.7. The van der Waals surface area contributed by atoms with Crippen LogP contribution in [0.2, 0.25) is 0 Å². The summed E-state index contributed by atoms with van der Waals surface area (Å²) >= 11 is 0. The number of hydrogen-bond donors (Lipinski definition) is 1. The highest BCUT2D eigenvalue weighted by Gasteiger charge is 2.10. The minimum Gasteiger partial charge on any atom is -0.343 e. The second-order valence-electron chi connectivity index (χ2n) is 4.07. The van der Waals surface area contributed by atoms with Crippen LogP contribution in [0, 0.1) is 5.95 Å². The molecule has 3 heterocycles. The number of rotatable bonds is 3. The van der Waals surface area contributed by atoms with Crippen molar-refractivity contribution >= 4 is 11.6 Å². The van der Waals surface area contributed by atoms with Gasteiger partial charge in [-0.2, -0.15) is 4.39 Å². The molecular formula is C13H10FN5O. The van der Waals surface area contributed by atoms with E-state index in [1.165, 1.54) is 18.2 Å². The molecule has 6 nitrogen and oxygen atoms in total. The van der Waals surface area contributed by atoms with E-state index in [0.717, 1.165) is 0 Å². The first-order chi connectivity index (χ1) is 9.74. The zero-order chi connectivity index (χ0) is 13.9. The van der Waals surface area contributed by atoms with E-state index in [1.54, 1.807) is 10.6 Å². The Balaban J connectivity index is 1.75. The first-order valence-electron chi connectivity index (χ1n) is 5.93. The summed E-state index contributed by atoms with van der Waals surface area (Å²) < 4.78 is 14.7. The molecule has 0 unspecified atom stereocenters. The van der Waals surface area contributed by atoms with Gasteiger partial charge in [-0.25, -0.2) is 4.98 Å². The van der Waals surface area contributed by atoms with E-state index in [9.17, 15) is 9.18 Å². The number of pyridine rings is 2. The lowest BCUT2D eigenvalue weighted by Crippen LogP contribution is -2.25. The van der Waals surface area contributed by atoms with Gasteiger partial charge in [0.2, 0.25) is 5.95 Å². The van der Waals surface area contributed by atoms with E-state index >= 15 is 0 Å². The van der Waals surface area contributed by atoms with Crippen LogP contribution >= 0.6 is 0 Å². The molecule has 3 rings (SSSR count). The zero-order valence-corrected chi connectivity index (χ0v) is 10.3. The molecule has 100 valence electrons. The van der Waals surface area contributed by atoms with Crippen molar-refractivity contribution in [2.24, 2.45) is 0 Å². The maximum Gasteiger partial charge on any atom is 0.270 e. The molecule has 20 heavy (non-hydrogen) atoms. The Morgan fingerprint density at radius 3 is 2.95 bits per heavy atom. The van der Waals surface area contributed by atoms with E-state index < -0.39 is 11.9 Å². The number of amides is 1. The van der Waals surface area contributed by atoms with Crippen molar-refractivity contribution in [3.05, 3.63) is 60.1 Å². The molecule has 0 aliphatic carbocycles. The number of hydrogen-bond acceptors (Lipinski definition) is 4. The summed E-state index contributed by atoms with van der Waals surface area (Å²) in [7, 11) is 0. The topological polar surface area (TPSA) is 72.2 Å². The largest absolute Gasteiger partial charge is 0.343 e. The molecular weight excluding hydrogens is 261 g/mol. The summed E-state index contributed by atoms with van der Waals surface area (Å²) in [4.78, 5) is 15.3. The number of carbonyl (C=O) groups is 1. The Kier molecular flexibility index (Phi) is 3.08. The van der Waals surface area contributed by atoms with Crippen molar-refractivity contribution in [2.45, 2.75) is 6.54 Å². The molecule has 0 spiro atoms. The van der Waals surface area contributed by atoms with Crippen molar-refractivity contribution in [1.82, 2.24) is 24.9 Å². The smallest absolute Gasteiger partial charge is 0.270 e. The fourth-order valence-electron chi connectivity index (χ4n) is 1.80. The van der Waals surface area contributed by atoms with E-state index in [4.69, 9.17) is 0 Å². The van der Waals surface area contributed by atoms with E-state index in [-0.39, 0.29) is 12.2 Å². The van der Waals surface area contributed by atoms with Gasteiger partial charge < -0.3 is 5.32 Å². The summed E-state index contributed by atoms with van der Waals surface area (Å²) in [5.41, 5.74) is 0.722. The Morgan fingerprint density at radius 2 is 2.10 bits per heavy atom. The molecule has 0 radical (unpaired) electrons. The minimum absolute atomic E-state index is 0.0267. The van der Waals surface area contributed by atoms with E-state index in [2.05, 4.69) is 20.5 Å². The van der Waals surface area contributed by atoms with E-state index in [1.807, 2.05) is 18.2 Å². The first kappa shape index (κ1) is 12.2. The van der Waals surface area contributed by atoms with Crippen LogP contribution < -0.4 is 5.32 Å². The van der Waals surface area contributed by atoms with Crippen LogP contribution in [0.25, 0.3) is 5.65 Å². The number of carbonyl (C=O) groups excluding carboxylic acids is 1. The molecule has 0 saturated carbocycles. The fraction of sp³-hybridized carbons (Fsp3) is 0.0769. The molecule has 0 aromatic carbocycles. The molecule has 0 fully saturated rings. The Morgan fingerprint density at radius 1 is 1.20 bits per heavy atom. The van der Waals surface area contributed by atoms with Crippen molar-refractivity contribution in [3.63, 3.8) is 0 Å². The highest BCUT2D eigenvalue weighted by atomic mass is 19.1. The summed E-state index contributed by atoms with van der Waals surface area (Å²) in [5, 5.41) is 10.6. The molecule has 0 saturated heterocycles. The number of nitrogens with one attached hydrogen (secondary N) is 1.